The number of fused-ring (bicyclic) bond motifs is 1. The molecule has 1 aliphatic heterocycles. The van der Waals surface area contributed by atoms with Crippen molar-refractivity contribution in [1.29, 1.82) is 0 Å². The Morgan fingerprint density at radius 3 is 2.34 bits per heavy atom. The summed E-state index contributed by atoms with van der Waals surface area (Å²) in [5.74, 6) is 1.86. The van der Waals surface area contributed by atoms with Gasteiger partial charge in [-0.15, -0.1) is 0 Å². The molecule has 0 fully saturated rings. The SMILES string of the molecule is COc1cc2c(cc1OC)C(Cc1ccccc1O)N(Cc1ccccc1)CC2. The molecule has 0 radical (unpaired) electrons. The number of hydrogen-bond donors (Lipinski definition) is 1. The number of benzene rings is 3. The van der Waals surface area contributed by atoms with Crippen LogP contribution in [0.4, 0.5) is 0 Å². The summed E-state index contributed by atoms with van der Waals surface area (Å²) in [6, 6.07) is 22.5. The highest BCUT2D eigenvalue weighted by atomic mass is 16.5. The maximum atomic E-state index is 10.4. The van der Waals surface area contributed by atoms with E-state index >= 15 is 0 Å². The summed E-state index contributed by atoms with van der Waals surface area (Å²) >= 11 is 0. The number of hydrogen-bond acceptors (Lipinski definition) is 4. The van der Waals surface area contributed by atoms with Crippen molar-refractivity contribution >= 4 is 0 Å². The van der Waals surface area contributed by atoms with Gasteiger partial charge in [-0.25, -0.2) is 0 Å². The van der Waals surface area contributed by atoms with Gasteiger partial charge in [-0.3, -0.25) is 4.90 Å². The Balaban J connectivity index is 1.74. The molecule has 0 saturated heterocycles. The first-order chi connectivity index (χ1) is 14.2. The van der Waals surface area contributed by atoms with Crippen molar-refractivity contribution in [2.75, 3.05) is 20.8 Å². The van der Waals surface area contributed by atoms with Gasteiger partial charge in [0.05, 0.1) is 14.2 Å². The van der Waals surface area contributed by atoms with Gasteiger partial charge >= 0.3 is 0 Å². The van der Waals surface area contributed by atoms with E-state index in [1.165, 1.54) is 16.7 Å². The summed E-state index contributed by atoms with van der Waals surface area (Å²) < 4.78 is 11.1. The van der Waals surface area contributed by atoms with E-state index in [4.69, 9.17) is 9.47 Å². The first-order valence-electron chi connectivity index (χ1n) is 9.99. The number of rotatable bonds is 6. The lowest BCUT2D eigenvalue weighted by Crippen LogP contribution is -2.36. The van der Waals surface area contributed by atoms with Crippen molar-refractivity contribution in [3.8, 4) is 17.2 Å². The van der Waals surface area contributed by atoms with Gasteiger partial charge in [0, 0.05) is 19.1 Å². The van der Waals surface area contributed by atoms with Gasteiger partial charge in [-0.1, -0.05) is 48.5 Å². The van der Waals surface area contributed by atoms with Gasteiger partial charge in [0.2, 0.25) is 0 Å². The molecule has 4 nitrogen and oxygen atoms in total. The second-order valence-electron chi connectivity index (χ2n) is 7.46. The highest BCUT2D eigenvalue weighted by molar-refractivity contribution is 5.50. The second-order valence-corrected chi connectivity index (χ2v) is 7.46. The highest BCUT2D eigenvalue weighted by Crippen LogP contribution is 2.40. The first kappa shape index (κ1) is 19.3. The summed E-state index contributed by atoms with van der Waals surface area (Å²) in [6.45, 7) is 1.82. The lowest BCUT2D eigenvalue weighted by molar-refractivity contribution is 0.173. The number of aromatic hydroxyl groups is 1. The first-order valence-corrected chi connectivity index (χ1v) is 9.99. The number of phenols is 1. The van der Waals surface area contributed by atoms with Crippen molar-refractivity contribution in [3.63, 3.8) is 0 Å². The fourth-order valence-corrected chi connectivity index (χ4v) is 4.22. The molecule has 0 spiro atoms. The van der Waals surface area contributed by atoms with Crippen LogP contribution in [-0.2, 0) is 19.4 Å². The van der Waals surface area contributed by atoms with Crippen molar-refractivity contribution in [2.45, 2.75) is 25.4 Å². The largest absolute Gasteiger partial charge is 0.508 e. The van der Waals surface area contributed by atoms with Gasteiger partial charge in [0.25, 0.3) is 0 Å². The van der Waals surface area contributed by atoms with Crippen LogP contribution in [0.2, 0.25) is 0 Å². The molecule has 3 aromatic carbocycles. The minimum Gasteiger partial charge on any atom is -0.508 e. The van der Waals surface area contributed by atoms with E-state index in [9.17, 15) is 5.11 Å². The van der Waals surface area contributed by atoms with Crippen molar-refractivity contribution in [3.05, 3.63) is 89.0 Å². The van der Waals surface area contributed by atoms with Crippen LogP contribution in [0.1, 0.15) is 28.3 Å². The Hall–Kier alpha value is -2.98. The zero-order valence-electron chi connectivity index (χ0n) is 17.0. The smallest absolute Gasteiger partial charge is 0.161 e. The molecule has 1 atom stereocenters. The molecule has 150 valence electrons. The molecule has 1 aliphatic rings. The van der Waals surface area contributed by atoms with Gasteiger partial charge < -0.3 is 14.6 Å². The normalized spacial score (nSPS) is 16.3. The van der Waals surface area contributed by atoms with E-state index < -0.39 is 0 Å². The summed E-state index contributed by atoms with van der Waals surface area (Å²) in [5, 5.41) is 10.4. The van der Waals surface area contributed by atoms with Crippen LogP contribution >= 0.6 is 0 Å². The van der Waals surface area contributed by atoms with Crippen LogP contribution in [0.3, 0.4) is 0 Å². The zero-order valence-corrected chi connectivity index (χ0v) is 17.0. The van der Waals surface area contributed by atoms with Crippen LogP contribution in [0.5, 0.6) is 17.2 Å². The van der Waals surface area contributed by atoms with Crippen molar-refractivity contribution in [2.24, 2.45) is 0 Å². The predicted octanol–water partition coefficient (Wildman–Crippen LogP) is 4.75. The lowest BCUT2D eigenvalue weighted by Gasteiger charge is -2.38. The molecule has 29 heavy (non-hydrogen) atoms. The Labute approximate surface area is 172 Å². The Kier molecular flexibility index (Phi) is 5.72. The molecule has 0 bridgehead atoms. The van der Waals surface area contributed by atoms with Crippen LogP contribution in [0.15, 0.2) is 66.7 Å². The van der Waals surface area contributed by atoms with E-state index in [0.29, 0.717) is 5.75 Å². The molecule has 0 saturated carbocycles. The van der Waals surface area contributed by atoms with Gasteiger partial charge in [0.1, 0.15) is 5.75 Å². The third-order valence-electron chi connectivity index (χ3n) is 5.75. The average molecular weight is 389 g/mol. The highest BCUT2D eigenvalue weighted by Gasteiger charge is 2.30. The number of ether oxygens (including phenoxy) is 2. The van der Waals surface area contributed by atoms with Crippen LogP contribution in [0.25, 0.3) is 0 Å². The third-order valence-corrected chi connectivity index (χ3v) is 5.75. The van der Waals surface area contributed by atoms with Crippen LogP contribution in [-0.4, -0.2) is 30.8 Å². The van der Waals surface area contributed by atoms with Crippen LogP contribution < -0.4 is 9.47 Å². The third kappa shape index (κ3) is 4.08. The van der Waals surface area contributed by atoms with Gasteiger partial charge in [-0.05, 0) is 53.3 Å². The van der Waals surface area contributed by atoms with E-state index in [-0.39, 0.29) is 6.04 Å². The van der Waals surface area contributed by atoms with E-state index in [1.807, 2.05) is 24.3 Å². The fraction of sp³-hybridized carbons (Fsp3) is 0.280. The van der Waals surface area contributed by atoms with E-state index in [2.05, 4.69) is 41.3 Å². The second kappa shape index (κ2) is 8.58. The number of methoxy groups -OCH3 is 2. The number of nitrogens with zero attached hydrogens (tertiary/aromatic N) is 1. The molecule has 4 heteroatoms. The van der Waals surface area contributed by atoms with Crippen molar-refractivity contribution in [1.82, 2.24) is 4.90 Å². The summed E-state index contributed by atoms with van der Waals surface area (Å²) in [7, 11) is 3.35. The zero-order chi connectivity index (χ0) is 20.2. The average Bonchev–Trinajstić information content (AvgIpc) is 2.76. The fourth-order valence-electron chi connectivity index (χ4n) is 4.22. The quantitative estimate of drug-likeness (QED) is 0.661. The number of phenolic OH excluding ortho intramolecular Hbond substituents is 1. The van der Waals surface area contributed by atoms with E-state index in [1.54, 1.807) is 20.3 Å². The topological polar surface area (TPSA) is 41.9 Å². The van der Waals surface area contributed by atoms with E-state index in [0.717, 1.165) is 43.0 Å². The molecule has 3 aromatic rings. The maximum absolute atomic E-state index is 10.4. The molecule has 0 aliphatic carbocycles. The minimum absolute atomic E-state index is 0.145. The summed E-state index contributed by atoms with van der Waals surface area (Å²) in [6.07, 6.45) is 1.70. The summed E-state index contributed by atoms with van der Waals surface area (Å²) in [5.41, 5.74) is 4.78. The molecule has 4 rings (SSSR count). The number of para-hydroxylation sites is 1. The molecule has 1 heterocycles. The Morgan fingerprint density at radius 1 is 0.931 bits per heavy atom. The molecule has 0 aromatic heterocycles. The predicted molar refractivity (Wildman–Crippen MR) is 115 cm³/mol. The van der Waals surface area contributed by atoms with Gasteiger partial charge in [-0.2, -0.15) is 0 Å². The van der Waals surface area contributed by atoms with Crippen LogP contribution in [0, 0.1) is 0 Å². The summed E-state index contributed by atoms with van der Waals surface area (Å²) in [4.78, 5) is 2.50. The lowest BCUT2D eigenvalue weighted by atomic mass is 9.87. The molecular formula is C25H27NO3. The minimum atomic E-state index is 0.145. The Morgan fingerprint density at radius 2 is 1.62 bits per heavy atom. The monoisotopic (exact) mass is 389 g/mol. The standard InChI is InChI=1S/C25H27NO3/c1-28-24-15-19-12-13-26(17-18-8-4-3-5-9-18)22(21(19)16-25(24)29-2)14-20-10-6-7-11-23(20)27/h3-11,15-16,22,27H,12-14,17H2,1-2H3. The van der Waals surface area contributed by atoms with Gasteiger partial charge in [0.15, 0.2) is 11.5 Å². The molecular weight excluding hydrogens is 362 g/mol. The Bertz CT molecular complexity index is 971. The molecule has 1 unspecified atom stereocenters. The maximum Gasteiger partial charge on any atom is 0.161 e. The molecule has 1 N–H and O–H groups in total. The van der Waals surface area contributed by atoms with Crippen molar-refractivity contribution < 1.29 is 14.6 Å². The molecule has 0 amide bonds.